The number of nitrogens with zero attached hydrogens (tertiary/aromatic N) is 3. The van der Waals surface area contributed by atoms with Crippen molar-refractivity contribution in [3.63, 3.8) is 0 Å². The van der Waals surface area contributed by atoms with Crippen LogP contribution < -0.4 is 5.32 Å². The minimum Gasteiger partial charge on any atom is -0.308 e. The number of carbonyl (C=O) groups excluding carboxylic acids is 1. The van der Waals surface area contributed by atoms with Gasteiger partial charge in [-0.05, 0) is 25.0 Å². The SMILES string of the molecule is CS(=O)(=O)N1CCCC[C@@H]1C(=O)Nc1ccc(Cl)nn1. The van der Waals surface area contributed by atoms with Gasteiger partial charge in [-0.2, -0.15) is 4.31 Å². The Kier molecular flexibility index (Phi) is 4.56. The van der Waals surface area contributed by atoms with Crippen molar-refractivity contribution in [1.29, 1.82) is 0 Å². The molecular formula is C11H15ClN4O3S. The number of nitrogens with one attached hydrogen (secondary N) is 1. The van der Waals surface area contributed by atoms with E-state index in [0.717, 1.165) is 19.1 Å². The van der Waals surface area contributed by atoms with Crippen molar-refractivity contribution in [3.05, 3.63) is 17.3 Å². The maximum absolute atomic E-state index is 12.2. The molecule has 1 amide bonds. The fourth-order valence-corrected chi connectivity index (χ4v) is 3.38. The second-order valence-corrected chi connectivity index (χ2v) is 6.94. The van der Waals surface area contributed by atoms with Gasteiger partial charge in [0.2, 0.25) is 15.9 Å². The van der Waals surface area contributed by atoms with Crippen LogP contribution in [0.25, 0.3) is 0 Å². The molecule has 7 nitrogen and oxygen atoms in total. The van der Waals surface area contributed by atoms with E-state index in [2.05, 4.69) is 15.5 Å². The summed E-state index contributed by atoms with van der Waals surface area (Å²) in [4.78, 5) is 12.2. The Morgan fingerprint density at radius 2 is 2.15 bits per heavy atom. The van der Waals surface area contributed by atoms with Gasteiger partial charge in [0.1, 0.15) is 6.04 Å². The van der Waals surface area contributed by atoms with Crippen molar-refractivity contribution in [2.24, 2.45) is 0 Å². The first-order valence-electron chi connectivity index (χ1n) is 6.15. The summed E-state index contributed by atoms with van der Waals surface area (Å²) < 4.78 is 24.6. The molecule has 1 saturated heterocycles. The predicted molar refractivity (Wildman–Crippen MR) is 74.9 cm³/mol. The zero-order valence-corrected chi connectivity index (χ0v) is 12.5. The van der Waals surface area contributed by atoms with Gasteiger partial charge in [-0.25, -0.2) is 8.42 Å². The van der Waals surface area contributed by atoms with Crippen molar-refractivity contribution in [2.75, 3.05) is 18.1 Å². The summed E-state index contributed by atoms with van der Waals surface area (Å²) in [5.74, 6) is -0.148. The van der Waals surface area contributed by atoms with Crippen LogP contribution >= 0.6 is 11.6 Å². The van der Waals surface area contributed by atoms with Crippen LogP contribution in [0.4, 0.5) is 5.82 Å². The van der Waals surface area contributed by atoms with E-state index in [1.54, 1.807) is 0 Å². The van der Waals surface area contributed by atoms with Crippen LogP contribution in [-0.4, -0.2) is 47.7 Å². The number of piperidine rings is 1. The van der Waals surface area contributed by atoms with E-state index >= 15 is 0 Å². The summed E-state index contributed by atoms with van der Waals surface area (Å²) in [5.41, 5.74) is 0. The van der Waals surface area contributed by atoms with Gasteiger partial charge >= 0.3 is 0 Å². The van der Waals surface area contributed by atoms with Gasteiger partial charge in [0.15, 0.2) is 11.0 Å². The summed E-state index contributed by atoms with van der Waals surface area (Å²) in [5, 5.41) is 10.1. The molecule has 1 aliphatic heterocycles. The second kappa shape index (κ2) is 6.02. The summed E-state index contributed by atoms with van der Waals surface area (Å²) in [6.45, 7) is 0.364. The minimum absolute atomic E-state index is 0.221. The van der Waals surface area contributed by atoms with Crippen LogP contribution in [-0.2, 0) is 14.8 Å². The predicted octanol–water partition coefficient (Wildman–Crippen LogP) is 0.883. The second-order valence-electron chi connectivity index (χ2n) is 4.62. The highest BCUT2D eigenvalue weighted by atomic mass is 35.5. The fourth-order valence-electron chi connectivity index (χ4n) is 2.16. The normalized spacial score (nSPS) is 20.6. The number of carbonyl (C=O) groups is 1. The average molecular weight is 319 g/mol. The number of halogens is 1. The molecule has 0 spiro atoms. The Morgan fingerprint density at radius 3 is 2.75 bits per heavy atom. The highest BCUT2D eigenvalue weighted by molar-refractivity contribution is 7.88. The number of hydrogen-bond acceptors (Lipinski definition) is 5. The molecule has 110 valence electrons. The first-order chi connectivity index (χ1) is 9.38. The Morgan fingerprint density at radius 1 is 1.40 bits per heavy atom. The zero-order valence-electron chi connectivity index (χ0n) is 10.9. The Balaban J connectivity index is 2.12. The molecule has 0 radical (unpaired) electrons. The first-order valence-corrected chi connectivity index (χ1v) is 8.37. The minimum atomic E-state index is -3.40. The lowest BCUT2D eigenvalue weighted by molar-refractivity contribution is -0.120. The molecule has 9 heteroatoms. The van der Waals surface area contributed by atoms with Gasteiger partial charge in [-0.15, -0.1) is 10.2 Å². The number of sulfonamides is 1. The molecule has 1 atom stereocenters. The number of hydrogen-bond donors (Lipinski definition) is 1. The van der Waals surface area contributed by atoms with Crippen molar-refractivity contribution >= 4 is 33.3 Å². The Labute approximate surface area is 122 Å². The van der Waals surface area contributed by atoms with Gasteiger partial charge in [-0.1, -0.05) is 18.0 Å². The summed E-state index contributed by atoms with van der Waals surface area (Å²) in [6.07, 6.45) is 3.19. The maximum atomic E-state index is 12.2. The Hall–Kier alpha value is -1.25. The van der Waals surface area contributed by atoms with Crippen LogP contribution in [0.2, 0.25) is 5.15 Å². The Bertz CT molecular complexity index is 590. The molecule has 0 aromatic carbocycles. The van der Waals surface area contributed by atoms with Gasteiger partial charge < -0.3 is 5.32 Å². The molecule has 1 aromatic heterocycles. The zero-order chi connectivity index (χ0) is 14.8. The van der Waals surface area contributed by atoms with E-state index in [4.69, 9.17) is 11.6 Å². The van der Waals surface area contributed by atoms with Crippen molar-refractivity contribution in [1.82, 2.24) is 14.5 Å². The molecule has 0 bridgehead atoms. The molecule has 1 N–H and O–H groups in total. The van der Waals surface area contributed by atoms with Crippen molar-refractivity contribution < 1.29 is 13.2 Å². The van der Waals surface area contributed by atoms with Gasteiger partial charge in [0, 0.05) is 6.54 Å². The van der Waals surface area contributed by atoms with E-state index in [9.17, 15) is 13.2 Å². The van der Waals surface area contributed by atoms with Crippen LogP contribution in [0, 0.1) is 0 Å². The summed E-state index contributed by atoms with van der Waals surface area (Å²) >= 11 is 5.61. The number of amides is 1. The molecule has 2 heterocycles. The standard InChI is InChI=1S/C11H15ClN4O3S/c1-20(18,19)16-7-3-2-4-8(16)11(17)13-10-6-5-9(12)14-15-10/h5-6,8H,2-4,7H2,1H3,(H,13,15,17)/t8-/m1/s1. The third-order valence-electron chi connectivity index (χ3n) is 3.07. The molecule has 1 fully saturated rings. The molecule has 20 heavy (non-hydrogen) atoms. The number of rotatable bonds is 3. The van der Waals surface area contributed by atoms with Crippen LogP contribution in [0.3, 0.4) is 0 Å². The molecule has 0 saturated carbocycles. The van der Waals surface area contributed by atoms with Gasteiger partial charge in [-0.3, -0.25) is 4.79 Å². The largest absolute Gasteiger partial charge is 0.308 e. The van der Waals surface area contributed by atoms with Gasteiger partial charge in [0.25, 0.3) is 0 Å². The van der Waals surface area contributed by atoms with Crippen LogP contribution in [0.15, 0.2) is 12.1 Å². The number of aromatic nitrogens is 2. The third kappa shape index (κ3) is 3.65. The summed E-state index contributed by atoms with van der Waals surface area (Å²) in [6, 6.07) is 2.32. The molecular weight excluding hydrogens is 304 g/mol. The number of anilines is 1. The smallest absolute Gasteiger partial charge is 0.244 e. The highest BCUT2D eigenvalue weighted by Gasteiger charge is 2.34. The van der Waals surface area contributed by atoms with Crippen LogP contribution in [0.5, 0.6) is 0 Å². The summed E-state index contributed by atoms with van der Waals surface area (Å²) in [7, 11) is -3.40. The maximum Gasteiger partial charge on any atom is 0.244 e. The topological polar surface area (TPSA) is 92.3 Å². The molecule has 2 rings (SSSR count). The fraction of sp³-hybridized carbons (Fsp3) is 0.545. The van der Waals surface area contributed by atoms with E-state index in [1.165, 1.54) is 16.4 Å². The molecule has 0 aliphatic carbocycles. The van der Waals surface area contributed by atoms with E-state index in [0.29, 0.717) is 13.0 Å². The lowest BCUT2D eigenvalue weighted by atomic mass is 10.0. The third-order valence-corrected chi connectivity index (χ3v) is 4.56. The highest BCUT2D eigenvalue weighted by Crippen LogP contribution is 2.21. The quantitative estimate of drug-likeness (QED) is 0.893. The molecule has 1 aliphatic rings. The van der Waals surface area contributed by atoms with Crippen LogP contribution in [0.1, 0.15) is 19.3 Å². The van der Waals surface area contributed by atoms with E-state index < -0.39 is 22.0 Å². The molecule has 0 unspecified atom stereocenters. The van der Waals surface area contributed by atoms with E-state index in [-0.39, 0.29) is 11.0 Å². The van der Waals surface area contributed by atoms with Crippen molar-refractivity contribution in [2.45, 2.75) is 25.3 Å². The lowest BCUT2D eigenvalue weighted by Gasteiger charge is -2.32. The molecule has 1 aromatic rings. The average Bonchev–Trinajstić information content (AvgIpc) is 2.40. The lowest BCUT2D eigenvalue weighted by Crippen LogP contribution is -2.49. The van der Waals surface area contributed by atoms with E-state index in [1.807, 2.05) is 0 Å². The van der Waals surface area contributed by atoms with Crippen molar-refractivity contribution in [3.8, 4) is 0 Å². The van der Waals surface area contributed by atoms with Gasteiger partial charge in [0.05, 0.1) is 6.26 Å². The monoisotopic (exact) mass is 318 g/mol. The first kappa shape index (κ1) is 15.1.